The third kappa shape index (κ3) is 6.24. The molecule has 0 unspecified atom stereocenters. The van der Waals surface area contributed by atoms with E-state index in [0.29, 0.717) is 24.6 Å². The van der Waals surface area contributed by atoms with Crippen LogP contribution >= 0.6 is 11.3 Å². The van der Waals surface area contributed by atoms with Crippen LogP contribution in [0.5, 0.6) is 0 Å². The van der Waals surface area contributed by atoms with Crippen LogP contribution < -0.4 is 40.9 Å². The molecule has 0 saturated heterocycles. The number of hydrogen-bond donors (Lipinski definition) is 1. The predicted molar refractivity (Wildman–Crippen MR) is 162 cm³/mol. The Morgan fingerprint density at radius 1 is 0.952 bits per heavy atom. The molecule has 1 N–H and O–H groups in total. The van der Waals surface area contributed by atoms with Crippen molar-refractivity contribution in [3.63, 3.8) is 0 Å². The summed E-state index contributed by atoms with van der Waals surface area (Å²) >= 11 is 1.61. The Hall–Kier alpha value is -3.63. The first-order valence-corrected chi connectivity index (χ1v) is 14.5. The number of hydrogen-bond acceptors (Lipinski definition) is 7. The summed E-state index contributed by atoms with van der Waals surface area (Å²) in [7, 11) is 0. The number of para-hydroxylation sites is 1. The second-order valence-electron chi connectivity index (χ2n) is 10.0. The van der Waals surface area contributed by atoms with Gasteiger partial charge in [0.2, 0.25) is 0 Å². The van der Waals surface area contributed by atoms with Crippen LogP contribution in [0.25, 0.3) is 32.7 Å². The average molecular weight is 588 g/mol. The molecule has 6 aromatic rings. The molecule has 42 heavy (non-hydrogen) atoms. The summed E-state index contributed by atoms with van der Waals surface area (Å²) in [5.74, 6) is 0.501. The van der Waals surface area contributed by atoms with Gasteiger partial charge in [-0.15, -0.1) is 11.3 Å². The second kappa shape index (κ2) is 13.1. The standard InChI is InChI=1S/C32H29N5O3S.Na.H/c1-3-4-11-26-25(31(38)37(20(2)33-26)19-29-34-27-12-7-8-13-28(27)41-29)18-21-14-16-22(17-15-21)23-9-5-6-10-24(23)30-35-32(39)40-36-30;;/h5-10,12-17H,3-4,11,18-19H2,1-2H3,(H,35,36,39);;/q;+1;-1. The van der Waals surface area contributed by atoms with Crippen LogP contribution in [-0.2, 0) is 19.4 Å². The van der Waals surface area contributed by atoms with E-state index in [9.17, 15) is 9.59 Å². The van der Waals surface area contributed by atoms with Gasteiger partial charge < -0.3 is 1.43 Å². The fourth-order valence-corrected chi connectivity index (χ4v) is 6.04. The van der Waals surface area contributed by atoms with Crippen molar-refractivity contribution in [1.29, 1.82) is 0 Å². The molecule has 208 valence electrons. The van der Waals surface area contributed by atoms with Gasteiger partial charge in [-0.2, -0.15) is 0 Å². The smallest absolute Gasteiger partial charge is 1.00 e. The first-order valence-electron chi connectivity index (χ1n) is 13.7. The third-order valence-electron chi connectivity index (χ3n) is 7.21. The van der Waals surface area contributed by atoms with E-state index >= 15 is 0 Å². The molecule has 0 saturated carbocycles. The van der Waals surface area contributed by atoms with E-state index in [1.54, 1.807) is 15.9 Å². The van der Waals surface area contributed by atoms with Crippen LogP contribution in [0.4, 0.5) is 0 Å². The van der Waals surface area contributed by atoms with Gasteiger partial charge in [-0.05, 0) is 48.6 Å². The molecule has 0 fully saturated rings. The van der Waals surface area contributed by atoms with Crippen molar-refractivity contribution in [3.05, 3.63) is 121 Å². The number of thiazole rings is 1. The minimum Gasteiger partial charge on any atom is -1.00 e. The molecule has 0 aliphatic rings. The van der Waals surface area contributed by atoms with Gasteiger partial charge in [0.05, 0.1) is 22.5 Å². The van der Waals surface area contributed by atoms with Crippen molar-refractivity contribution in [1.82, 2.24) is 24.7 Å². The summed E-state index contributed by atoms with van der Waals surface area (Å²) < 4.78 is 7.58. The molecule has 3 heterocycles. The summed E-state index contributed by atoms with van der Waals surface area (Å²) in [6, 6.07) is 23.9. The van der Waals surface area contributed by atoms with Crippen molar-refractivity contribution in [2.24, 2.45) is 0 Å². The summed E-state index contributed by atoms with van der Waals surface area (Å²) in [5.41, 5.74) is 6.23. The van der Waals surface area contributed by atoms with Gasteiger partial charge in [0.1, 0.15) is 10.8 Å². The topological polar surface area (TPSA) is 107 Å². The molecule has 0 radical (unpaired) electrons. The summed E-state index contributed by atoms with van der Waals surface area (Å²) in [5, 5.41) is 4.75. The molecule has 10 heteroatoms. The summed E-state index contributed by atoms with van der Waals surface area (Å²) in [6.07, 6.45) is 3.26. The third-order valence-corrected chi connectivity index (χ3v) is 8.23. The van der Waals surface area contributed by atoms with Gasteiger partial charge >= 0.3 is 35.3 Å². The predicted octanol–water partition coefficient (Wildman–Crippen LogP) is 3.27. The van der Waals surface area contributed by atoms with Crippen LogP contribution in [0.15, 0.2) is 86.9 Å². The molecule has 3 aromatic heterocycles. The number of benzene rings is 3. The van der Waals surface area contributed by atoms with Gasteiger partial charge in [-0.25, -0.2) is 14.8 Å². The number of rotatable bonds is 9. The van der Waals surface area contributed by atoms with E-state index in [2.05, 4.69) is 23.1 Å². The maximum atomic E-state index is 13.9. The van der Waals surface area contributed by atoms with Crippen molar-refractivity contribution in [3.8, 4) is 22.5 Å². The van der Waals surface area contributed by atoms with E-state index in [1.807, 2.05) is 73.7 Å². The van der Waals surface area contributed by atoms with Crippen LogP contribution in [-0.4, -0.2) is 24.7 Å². The average Bonchev–Trinajstić information content (AvgIpc) is 3.62. The second-order valence-corrected chi connectivity index (χ2v) is 11.1. The number of H-pyrrole nitrogens is 1. The molecule has 0 amide bonds. The molecular formula is C32H30N5NaO3S. The Morgan fingerprint density at radius 3 is 2.40 bits per heavy atom. The minimum atomic E-state index is -0.593. The Balaban J connectivity index is 0.00000212. The molecule has 0 atom stereocenters. The van der Waals surface area contributed by atoms with Gasteiger partial charge in [0.25, 0.3) is 5.56 Å². The van der Waals surface area contributed by atoms with E-state index in [1.165, 1.54) is 0 Å². The molecule has 0 aliphatic carbocycles. The normalized spacial score (nSPS) is 11.1. The maximum Gasteiger partial charge on any atom is 1.00 e. The van der Waals surface area contributed by atoms with Crippen molar-refractivity contribution < 1.29 is 35.5 Å². The van der Waals surface area contributed by atoms with Gasteiger partial charge in [0, 0.05) is 17.5 Å². The number of aromatic nitrogens is 5. The largest absolute Gasteiger partial charge is 1.00 e. The monoisotopic (exact) mass is 587 g/mol. The number of fused-ring (bicyclic) bond motifs is 1. The van der Waals surface area contributed by atoms with Crippen LogP contribution in [0, 0.1) is 6.92 Å². The molecular weight excluding hydrogens is 557 g/mol. The Morgan fingerprint density at radius 2 is 1.69 bits per heavy atom. The van der Waals surface area contributed by atoms with Crippen LogP contribution in [0.1, 0.15) is 48.8 Å². The molecule has 6 rings (SSSR count). The fraction of sp³-hybridized carbons (Fsp3) is 0.219. The van der Waals surface area contributed by atoms with Crippen LogP contribution in [0.2, 0.25) is 0 Å². The minimum absolute atomic E-state index is 0. The molecule has 3 aromatic carbocycles. The number of unbranched alkanes of at least 4 members (excludes halogenated alkanes) is 1. The molecule has 0 spiro atoms. The first-order chi connectivity index (χ1) is 20.0. The fourth-order valence-electron chi connectivity index (χ4n) is 5.09. The first kappa shape index (κ1) is 29.8. The summed E-state index contributed by atoms with van der Waals surface area (Å²) in [4.78, 5) is 37.8. The Kier molecular flexibility index (Phi) is 9.33. The van der Waals surface area contributed by atoms with E-state index in [4.69, 9.17) is 14.5 Å². The zero-order chi connectivity index (χ0) is 28.3. The zero-order valence-electron chi connectivity index (χ0n) is 24.9. The number of aryl methyl sites for hydroxylation is 2. The Labute approximate surface area is 270 Å². The van der Waals surface area contributed by atoms with Crippen molar-refractivity contribution >= 4 is 21.6 Å². The van der Waals surface area contributed by atoms with E-state index in [-0.39, 0.29) is 36.5 Å². The summed E-state index contributed by atoms with van der Waals surface area (Å²) in [6.45, 7) is 4.45. The van der Waals surface area contributed by atoms with Gasteiger partial charge in [-0.1, -0.05) is 79.2 Å². The quantitative estimate of drug-likeness (QED) is 0.260. The number of nitrogens with one attached hydrogen (secondary N) is 1. The van der Waals surface area contributed by atoms with Gasteiger partial charge in [-0.3, -0.25) is 18.9 Å². The molecule has 0 aliphatic heterocycles. The van der Waals surface area contributed by atoms with E-state index in [0.717, 1.165) is 68.0 Å². The van der Waals surface area contributed by atoms with Crippen LogP contribution in [0.3, 0.4) is 0 Å². The van der Waals surface area contributed by atoms with E-state index < -0.39 is 5.76 Å². The number of nitrogens with zero attached hydrogens (tertiary/aromatic N) is 4. The Bertz CT molecular complexity index is 1930. The zero-order valence-corrected chi connectivity index (χ0v) is 26.7. The number of aromatic amines is 1. The van der Waals surface area contributed by atoms with Gasteiger partial charge in [0.15, 0.2) is 5.82 Å². The van der Waals surface area contributed by atoms with Crippen molar-refractivity contribution in [2.45, 2.75) is 46.1 Å². The SMILES string of the molecule is CCCCc1nc(C)n(Cc2nc3ccccc3s2)c(=O)c1Cc1ccc(-c2ccccc2-c2noc(=O)[nH]2)cc1.[H-].[Na+]. The van der Waals surface area contributed by atoms with Crippen molar-refractivity contribution in [2.75, 3.05) is 0 Å². The molecule has 8 nitrogen and oxygen atoms in total. The maximum absolute atomic E-state index is 13.9. The molecule has 0 bridgehead atoms.